The maximum absolute atomic E-state index is 4.46. The highest BCUT2D eigenvalue weighted by atomic mass is 32.2. The van der Waals surface area contributed by atoms with E-state index < -0.39 is 0 Å². The van der Waals surface area contributed by atoms with Crippen molar-refractivity contribution < 1.29 is 0 Å². The molecule has 0 bridgehead atoms. The van der Waals surface area contributed by atoms with Gasteiger partial charge in [0.1, 0.15) is 0 Å². The van der Waals surface area contributed by atoms with Gasteiger partial charge in [-0.15, -0.1) is 0 Å². The molecule has 0 unspecified atom stereocenters. The lowest BCUT2D eigenvalue weighted by Crippen LogP contribution is -2.11. The van der Waals surface area contributed by atoms with Crippen molar-refractivity contribution >= 4 is 17.7 Å². The summed E-state index contributed by atoms with van der Waals surface area (Å²) in [6.07, 6.45) is 4.57. The molecule has 20 heavy (non-hydrogen) atoms. The monoisotopic (exact) mass is 292 g/mol. The number of aromatic nitrogens is 5. The predicted molar refractivity (Wildman–Crippen MR) is 81.3 cm³/mol. The van der Waals surface area contributed by atoms with Gasteiger partial charge in [-0.3, -0.25) is 0 Å². The summed E-state index contributed by atoms with van der Waals surface area (Å²) >= 11 is 1.64. The van der Waals surface area contributed by atoms with Crippen LogP contribution >= 0.6 is 11.8 Å². The Labute approximate surface area is 123 Å². The average molecular weight is 292 g/mol. The highest BCUT2D eigenvalue weighted by molar-refractivity contribution is 7.99. The first-order chi connectivity index (χ1) is 9.69. The zero-order valence-electron chi connectivity index (χ0n) is 12.1. The molecule has 0 atom stereocenters. The summed E-state index contributed by atoms with van der Waals surface area (Å²) < 4.78 is 1.65. The Morgan fingerprint density at radius 1 is 1.30 bits per heavy atom. The molecule has 0 aromatic carbocycles. The Bertz CT molecular complexity index is 526. The number of nitrogens with one attached hydrogen (secondary N) is 1. The average Bonchev–Trinajstić information content (AvgIpc) is 2.97. The molecule has 0 aliphatic rings. The summed E-state index contributed by atoms with van der Waals surface area (Å²) in [6, 6.07) is 1.85. The van der Waals surface area contributed by atoms with Crippen molar-refractivity contribution in [2.75, 3.05) is 17.6 Å². The van der Waals surface area contributed by atoms with Crippen molar-refractivity contribution in [1.29, 1.82) is 0 Å². The van der Waals surface area contributed by atoms with Crippen LogP contribution in [0.25, 0.3) is 5.95 Å². The van der Waals surface area contributed by atoms with Gasteiger partial charge in [0.25, 0.3) is 5.95 Å². The molecule has 0 amide bonds. The molecular formula is C13H20N6S. The van der Waals surface area contributed by atoms with Crippen LogP contribution < -0.4 is 5.32 Å². The maximum atomic E-state index is 4.46. The topological polar surface area (TPSA) is 68.5 Å². The Balaban J connectivity index is 2.24. The van der Waals surface area contributed by atoms with E-state index in [1.807, 2.05) is 12.3 Å². The van der Waals surface area contributed by atoms with Crippen molar-refractivity contribution in [3.05, 3.63) is 18.5 Å². The molecule has 1 N–H and O–H groups in total. The van der Waals surface area contributed by atoms with Crippen molar-refractivity contribution in [3.63, 3.8) is 0 Å². The lowest BCUT2D eigenvalue weighted by Gasteiger charge is -2.08. The van der Waals surface area contributed by atoms with Gasteiger partial charge in [-0.05, 0) is 18.4 Å². The Hall–Kier alpha value is -1.63. The van der Waals surface area contributed by atoms with E-state index in [1.165, 1.54) is 0 Å². The summed E-state index contributed by atoms with van der Waals surface area (Å²) in [6.45, 7) is 7.31. The van der Waals surface area contributed by atoms with Crippen LogP contribution in [0.4, 0.5) is 5.95 Å². The minimum absolute atomic E-state index is 0.551. The van der Waals surface area contributed by atoms with Crippen LogP contribution in [0.3, 0.4) is 0 Å². The summed E-state index contributed by atoms with van der Waals surface area (Å²) in [7, 11) is 0. The molecule has 6 nitrogen and oxygen atoms in total. The zero-order chi connectivity index (χ0) is 14.4. The molecule has 0 aliphatic carbocycles. The molecule has 2 heterocycles. The molecule has 7 heteroatoms. The summed E-state index contributed by atoms with van der Waals surface area (Å²) in [5.41, 5.74) is 0. The second-order valence-corrected chi connectivity index (χ2v) is 5.81. The third-order valence-corrected chi connectivity index (χ3v) is 3.67. The first-order valence-corrected chi connectivity index (χ1v) is 7.80. The van der Waals surface area contributed by atoms with Crippen LogP contribution in [-0.2, 0) is 0 Å². The largest absolute Gasteiger partial charge is 0.354 e. The summed E-state index contributed by atoms with van der Waals surface area (Å²) in [5.74, 6) is 2.74. The second-order valence-electron chi connectivity index (χ2n) is 4.82. The van der Waals surface area contributed by atoms with Crippen molar-refractivity contribution in [2.45, 2.75) is 32.3 Å². The van der Waals surface area contributed by atoms with Gasteiger partial charge >= 0.3 is 0 Å². The third kappa shape index (κ3) is 4.19. The molecule has 0 spiro atoms. The molecule has 2 aromatic rings. The van der Waals surface area contributed by atoms with Crippen LogP contribution in [0.2, 0.25) is 0 Å². The van der Waals surface area contributed by atoms with Gasteiger partial charge in [0, 0.05) is 24.7 Å². The van der Waals surface area contributed by atoms with Crippen molar-refractivity contribution in [2.24, 2.45) is 5.92 Å². The minimum atomic E-state index is 0.551. The molecule has 0 fully saturated rings. The number of rotatable bonds is 7. The lowest BCUT2D eigenvalue weighted by atomic mass is 10.3. The Kier molecular flexibility index (Phi) is 5.34. The molecule has 0 saturated carbocycles. The molecule has 0 radical (unpaired) electrons. The Morgan fingerprint density at radius 3 is 2.80 bits per heavy atom. The van der Waals surface area contributed by atoms with Gasteiger partial charge in [0.05, 0.1) is 0 Å². The van der Waals surface area contributed by atoms with E-state index >= 15 is 0 Å². The standard InChI is InChI=1S/C13H20N6S/c1-4-6-14-11-16-12(19-8-5-7-15-19)18-13(17-11)20-9-10(2)3/h5,7-8,10H,4,6,9H2,1-3H3,(H,14,16,17,18). The fourth-order valence-corrected chi connectivity index (χ4v) is 2.24. The predicted octanol–water partition coefficient (Wildman–Crippen LogP) is 2.63. The Morgan fingerprint density at radius 2 is 2.15 bits per heavy atom. The van der Waals surface area contributed by atoms with Gasteiger partial charge in [-0.1, -0.05) is 32.5 Å². The molecule has 0 saturated heterocycles. The van der Waals surface area contributed by atoms with Gasteiger partial charge in [-0.25, -0.2) is 4.68 Å². The van der Waals surface area contributed by atoms with E-state index in [9.17, 15) is 0 Å². The fraction of sp³-hybridized carbons (Fsp3) is 0.538. The van der Waals surface area contributed by atoms with Gasteiger partial charge in [0.2, 0.25) is 5.95 Å². The number of thioether (sulfide) groups is 1. The van der Waals surface area contributed by atoms with E-state index in [0.29, 0.717) is 17.8 Å². The first kappa shape index (κ1) is 14.8. The van der Waals surface area contributed by atoms with E-state index in [0.717, 1.165) is 23.9 Å². The van der Waals surface area contributed by atoms with E-state index in [-0.39, 0.29) is 0 Å². The molecule has 2 aromatic heterocycles. The van der Waals surface area contributed by atoms with Crippen LogP contribution in [0.15, 0.2) is 23.6 Å². The normalized spacial score (nSPS) is 11.0. The third-order valence-electron chi connectivity index (χ3n) is 2.39. The first-order valence-electron chi connectivity index (χ1n) is 6.81. The van der Waals surface area contributed by atoms with E-state index in [2.05, 4.69) is 46.1 Å². The fourth-order valence-electron chi connectivity index (χ4n) is 1.46. The molecule has 2 rings (SSSR count). The number of nitrogens with zero attached hydrogens (tertiary/aromatic N) is 5. The van der Waals surface area contributed by atoms with Gasteiger partial charge in [0.15, 0.2) is 5.16 Å². The van der Waals surface area contributed by atoms with Crippen LogP contribution in [0, 0.1) is 5.92 Å². The quantitative estimate of drug-likeness (QED) is 0.791. The van der Waals surface area contributed by atoms with E-state index in [4.69, 9.17) is 0 Å². The van der Waals surface area contributed by atoms with Crippen LogP contribution in [0.1, 0.15) is 27.2 Å². The minimum Gasteiger partial charge on any atom is -0.354 e. The van der Waals surface area contributed by atoms with Crippen LogP contribution in [0.5, 0.6) is 0 Å². The van der Waals surface area contributed by atoms with Crippen LogP contribution in [-0.4, -0.2) is 37.0 Å². The zero-order valence-corrected chi connectivity index (χ0v) is 12.9. The second kappa shape index (κ2) is 7.23. The highest BCUT2D eigenvalue weighted by Gasteiger charge is 2.09. The summed E-state index contributed by atoms with van der Waals surface area (Å²) in [4.78, 5) is 13.3. The molecule has 0 aliphatic heterocycles. The van der Waals surface area contributed by atoms with Crippen molar-refractivity contribution in [1.82, 2.24) is 24.7 Å². The highest BCUT2D eigenvalue weighted by Crippen LogP contribution is 2.18. The number of anilines is 1. The molecular weight excluding hydrogens is 272 g/mol. The summed E-state index contributed by atoms with van der Waals surface area (Å²) in [5, 5.41) is 8.11. The molecule has 108 valence electrons. The van der Waals surface area contributed by atoms with Crippen molar-refractivity contribution in [3.8, 4) is 5.95 Å². The van der Waals surface area contributed by atoms with Gasteiger partial charge < -0.3 is 5.32 Å². The lowest BCUT2D eigenvalue weighted by molar-refractivity contribution is 0.738. The SMILES string of the molecule is CCCNc1nc(SCC(C)C)nc(-n2cccn2)n1. The van der Waals surface area contributed by atoms with Gasteiger partial charge in [-0.2, -0.15) is 20.1 Å². The maximum Gasteiger partial charge on any atom is 0.256 e. The number of hydrogen-bond donors (Lipinski definition) is 1. The van der Waals surface area contributed by atoms with E-state index in [1.54, 1.807) is 22.6 Å². The smallest absolute Gasteiger partial charge is 0.256 e. The number of hydrogen-bond acceptors (Lipinski definition) is 6.